The average Bonchev–Trinajstić information content (AvgIpc) is 2.29. The van der Waals surface area contributed by atoms with Crippen LogP contribution >= 0.6 is 27.7 Å². The first-order valence-electron chi connectivity index (χ1n) is 5.88. The van der Waals surface area contributed by atoms with Gasteiger partial charge in [0, 0.05) is 10.2 Å². The Balaban J connectivity index is 2.01. The summed E-state index contributed by atoms with van der Waals surface area (Å²) in [6.07, 6.45) is 1.18. The van der Waals surface area contributed by atoms with Crippen molar-refractivity contribution in [1.29, 1.82) is 0 Å². The lowest BCUT2D eigenvalue weighted by Crippen LogP contribution is -2.28. The van der Waals surface area contributed by atoms with Gasteiger partial charge in [-0.25, -0.2) is 0 Å². The number of nitrogens with zero attached hydrogens (tertiary/aromatic N) is 1. The third kappa shape index (κ3) is 3.75. The minimum Gasteiger partial charge on any atom is -0.358 e. The maximum absolute atomic E-state index is 4.62. The highest BCUT2D eigenvalue weighted by Gasteiger charge is 2.14. The van der Waals surface area contributed by atoms with E-state index in [-0.39, 0.29) is 0 Å². The van der Waals surface area contributed by atoms with Crippen LogP contribution in [0.1, 0.15) is 31.9 Å². The van der Waals surface area contributed by atoms with Gasteiger partial charge in [-0.1, -0.05) is 39.8 Å². The molecule has 1 aromatic rings. The van der Waals surface area contributed by atoms with Crippen molar-refractivity contribution in [3.8, 4) is 0 Å². The van der Waals surface area contributed by atoms with Crippen LogP contribution in [0.5, 0.6) is 0 Å². The number of hydrogen-bond donors (Lipinski definition) is 1. The van der Waals surface area contributed by atoms with Crippen LogP contribution in [0.25, 0.3) is 0 Å². The topological polar surface area (TPSA) is 24.4 Å². The zero-order chi connectivity index (χ0) is 12.3. The Morgan fingerprint density at radius 3 is 2.76 bits per heavy atom. The van der Waals surface area contributed by atoms with Gasteiger partial charge in [-0.3, -0.25) is 4.99 Å². The van der Waals surface area contributed by atoms with Gasteiger partial charge >= 0.3 is 0 Å². The van der Waals surface area contributed by atoms with Crippen LogP contribution in [0.2, 0.25) is 0 Å². The second kappa shape index (κ2) is 5.91. The normalized spacial score (nSPS) is 21.8. The van der Waals surface area contributed by atoms with Gasteiger partial charge in [-0.15, -0.1) is 0 Å². The monoisotopic (exact) mass is 312 g/mol. The largest absolute Gasteiger partial charge is 0.358 e. The summed E-state index contributed by atoms with van der Waals surface area (Å²) in [5, 5.41) is 4.57. The van der Waals surface area contributed by atoms with Crippen LogP contribution in [0.15, 0.2) is 33.7 Å². The van der Waals surface area contributed by atoms with Crippen LogP contribution in [0, 0.1) is 0 Å². The number of nitrogens with one attached hydrogen (secondary N) is 1. The summed E-state index contributed by atoms with van der Waals surface area (Å²) in [6.45, 7) is 4.34. The van der Waals surface area contributed by atoms with Gasteiger partial charge in [0.15, 0.2) is 5.17 Å². The molecule has 0 radical (unpaired) electrons. The molecule has 0 bridgehead atoms. The van der Waals surface area contributed by atoms with Gasteiger partial charge < -0.3 is 5.32 Å². The van der Waals surface area contributed by atoms with E-state index < -0.39 is 0 Å². The Morgan fingerprint density at radius 1 is 1.41 bits per heavy atom. The zero-order valence-electron chi connectivity index (χ0n) is 10.1. The van der Waals surface area contributed by atoms with E-state index in [1.54, 1.807) is 0 Å². The fourth-order valence-electron chi connectivity index (χ4n) is 1.73. The number of halogens is 1. The fourth-order valence-corrected chi connectivity index (χ4v) is 3.16. The summed E-state index contributed by atoms with van der Waals surface area (Å²) in [5.74, 6) is 1.17. The predicted octanol–water partition coefficient (Wildman–Crippen LogP) is 3.98. The van der Waals surface area contributed by atoms with Crippen LogP contribution in [0.3, 0.4) is 0 Å². The molecule has 4 heteroatoms. The number of amidine groups is 1. The van der Waals surface area contributed by atoms with Crippen molar-refractivity contribution in [2.75, 3.05) is 5.75 Å². The molecule has 92 valence electrons. The molecule has 1 N–H and O–H groups in total. The van der Waals surface area contributed by atoms with Gasteiger partial charge in [-0.05, 0) is 38.0 Å². The number of benzene rings is 1. The molecule has 17 heavy (non-hydrogen) atoms. The number of rotatable bonds is 2. The maximum atomic E-state index is 4.62. The van der Waals surface area contributed by atoms with E-state index in [9.17, 15) is 0 Å². The van der Waals surface area contributed by atoms with Crippen molar-refractivity contribution in [2.45, 2.75) is 32.4 Å². The Labute approximate surface area is 115 Å². The molecule has 0 fully saturated rings. The minimum absolute atomic E-state index is 0.305. The van der Waals surface area contributed by atoms with Crippen LogP contribution in [-0.4, -0.2) is 17.0 Å². The van der Waals surface area contributed by atoms with E-state index in [0.717, 1.165) is 9.64 Å². The Morgan fingerprint density at radius 2 is 2.12 bits per heavy atom. The third-order valence-corrected chi connectivity index (χ3v) is 4.29. The summed E-state index contributed by atoms with van der Waals surface area (Å²) in [7, 11) is 0. The first kappa shape index (κ1) is 13.0. The first-order chi connectivity index (χ1) is 8.15. The number of aliphatic imine (C=N–C) groups is 1. The van der Waals surface area contributed by atoms with E-state index >= 15 is 0 Å². The molecule has 2 rings (SSSR count). The Hall–Kier alpha value is -0.480. The van der Waals surface area contributed by atoms with E-state index in [1.165, 1.54) is 17.7 Å². The molecule has 2 nitrogen and oxygen atoms in total. The molecule has 2 atom stereocenters. The van der Waals surface area contributed by atoms with Crippen molar-refractivity contribution in [3.63, 3.8) is 0 Å². The number of thioether (sulfide) groups is 1. The smallest absolute Gasteiger partial charge is 0.157 e. The van der Waals surface area contributed by atoms with Gasteiger partial charge in [0.25, 0.3) is 0 Å². The fraction of sp³-hybridized carbons (Fsp3) is 0.462. The Kier molecular flexibility index (Phi) is 4.51. The van der Waals surface area contributed by atoms with E-state index in [0.29, 0.717) is 12.1 Å². The molecule has 2 unspecified atom stereocenters. The molecule has 1 aliphatic heterocycles. The Bertz CT molecular complexity index is 402. The van der Waals surface area contributed by atoms with Crippen molar-refractivity contribution in [1.82, 2.24) is 5.32 Å². The summed E-state index contributed by atoms with van der Waals surface area (Å²) >= 11 is 5.28. The standard InChI is InChI=1S/C13H17BrN2S/c1-9-7-8-17-13(15-9)16-10(2)11-3-5-12(14)6-4-11/h3-6,9-10H,7-8H2,1-2H3,(H,15,16). The van der Waals surface area contributed by atoms with Crippen LogP contribution in [0.4, 0.5) is 0 Å². The molecule has 0 saturated heterocycles. The molecule has 1 aromatic carbocycles. The molecule has 1 aliphatic rings. The lowest BCUT2D eigenvalue weighted by molar-refractivity contribution is 0.682. The van der Waals surface area contributed by atoms with Crippen molar-refractivity contribution >= 4 is 32.9 Å². The van der Waals surface area contributed by atoms with Gasteiger partial charge in [0.1, 0.15) is 0 Å². The minimum atomic E-state index is 0.305. The maximum Gasteiger partial charge on any atom is 0.157 e. The van der Waals surface area contributed by atoms with E-state index in [2.05, 4.69) is 64.4 Å². The molecular weight excluding hydrogens is 296 g/mol. The molecule has 0 saturated carbocycles. The lowest BCUT2D eigenvalue weighted by Gasteiger charge is -2.21. The highest BCUT2D eigenvalue weighted by molar-refractivity contribution is 9.10. The molecule has 0 aromatic heterocycles. The van der Waals surface area contributed by atoms with E-state index in [4.69, 9.17) is 0 Å². The molecule has 0 spiro atoms. The van der Waals surface area contributed by atoms with Crippen LogP contribution in [-0.2, 0) is 0 Å². The highest BCUT2D eigenvalue weighted by Crippen LogP contribution is 2.20. The summed E-state index contributed by atoms with van der Waals surface area (Å²) in [5.41, 5.74) is 1.29. The van der Waals surface area contributed by atoms with Gasteiger partial charge in [0.05, 0.1) is 12.1 Å². The first-order valence-corrected chi connectivity index (χ1v) is 7.65. The van der Waals surface area contributed by atoms with Gasteiger partial charge in [0.2, 0.25) is 0 Å². The lowest BCUT2D eigenvalue weighted by atomic mass is 10.1. The van der Waals surface area contributed by atoms with Crippen molar-refractivity contribution in [3.05, 3.63) is 34.3 Å². The summed E-state index contributed by atoms with van der Waals surface area (Å²) < 4.78 is 1.12. The molecule has 0 aliphatic carbocycles. The summed E-state index contributed by atoms with van der Waals surface area (Å²) in [6, 6.07) is 9.19. The molecular formula is C13H17BrN2S. The quantitative estimate of drug-likeness (QED) is 0.893. The van der Waals surface area contributed by atoms with E-state index in [1.807, 2.05) is 11.8 Å². The average molecular weight is 313 g/mol. The highest BCUT2D eigenvalue weighted by atomic mass is 79.9. The third-order valence-electron chi connectivity index (χ3n) is 2.82. The van der Waals surface area contributed by atoms with Gasteiger partial charge in [-0.2, -0.15) is 0 Å². The second-order valence-electron chi connectivity index (χ2n) is 4.34. The predicted molar refractivity (Wildman–Crippen MR) is 79.7 cm³/mol. The SMILES string of the molecule is CC1CCSC(NC(C)c2ccc(Br)cc2)=N1. The molecule has 0 amide bonds. The van der Waals surface area contributed by atoms with Crippen LogP contribution < -0.4 is 5.32 Å². The second-order valence-corrected chi connectivity index (χ2v) is 6.34. The summed E-state index contributed by atoms with van der Waals surface area (Å²) in [4.78, 5) is 4.62. The van der Waals surface area contributed by atoms with Crippen molar-refractivity contribution in [2.24, 2.45) is 4.99 Å². The van der Waals surface area contributed by atoms with Crippen molar-refractivity contribution < 1.29 is 0 Å². The zero-order valence-corrected chi connectivity index (χ0v) is 12.5. The number of hydrogen-bond acceptors (Lipinski definition) is 3. The molecule has 1 heterocycles.